The van der Waals surface area contributed by atoms with E-state index in [4.69, 9.17) is 5.73 Å². The molecule has 3 nitrogen and oxygen atoms in total. The number of hydrogen-bond donors (Lipinski definition) is 1. The molecule has 0 spiro atoms. The van der Waals surface area contributed by atoms with E-state index < -0.39 is 0 Å². The van der Waals surface area contributed by atoms with Crippen molar-refractivity contribution in [2.75, 3.05) is 24.5 Å². The minimum Gasteiger partial charge on any atom is -0.356 e. The summed E-state index contributed by atoms with van der Waals surface area (Å²) in [6.45, 7) is 9.69. The highest BCUT2D eigenvalue weighted by atomic mass is 15.2. The Morgan fingerprint density at radius 1 is 1.39 bits per heavy atom. The number of pyridine rings is 1. The molecule has 100 valence electrons. The molecule has 2 rings (SSSR count). The molecule has 1 atom stereocenters. The van der Waals surface area contributed by atoms with E-state index in [2.05, 4.69) is 42.8 Å². The third-order valence-electron chi connectivity index (χ3n) is 3.80. The second-order valence-electron chi connectivity index (χ2n) is 6.33. The molecule has 2 N–H and O–H groups in total. The summed E-state index contributed by atoms with van der Waals surface area (Å²) in [7, 11) is 0. The first kappa shape index (κ1) is 13.3. The quantitative estimate of drug-likeness (QED) is 0.892. The van der Waals surface area contributed by atoms with E-state index in [0.29, 0.717) is 0 Å². The largest absolute Gasteiger partial charge is 0.356 e. The SMILES string of the molecule is CC(C)(C)c1ccc(N2CCC(CCN)C2)nc1. The van der Waals surface area contributed by atoms with E-state index in [0.717, 1.165) is 37.8 Å². The molecule has 3 heteroatoms. The molecule has 1 aliphatic rings. The van der Waals surface area contributed by atoms with Crippen LogP contribution >= 0.6 is 0 Å². The van der Waals surface area contributed by atoms with Crippen LogP contribution in [0.1, 0.15) is 39.2 Å². The Labute approximate surface area is 110 Å². The first-order valence-corrected chi connectivity index (χ1v) is 6.92. The predicted octanol–water partition coefficient (Wildman–Crippen LogP) is 2.55. The van der Waals surface area contributed by atoms with Crippen molar-refractivity contribution in [3.63, 3.8) is 0 Å². The van der Waals surface area contributed by atoms with E-state index in [-0.39, 0.29) is 5.41 Å². The lowest BCUT2D eigenvalue weighted by Crippen LogP contribution is -2.22. The highest BCUT2D eigenvalue weighted by Gasteiger charge is 2.23. The van der Waals surface area contributed by atoms with Gasteiger partial charge in [-0.2, -0.15) is 0 Å². The maximum Gasteiger partial charge on any atom is 0.128 e. The molecule has 1 unspecified atom stereocenters. The van der Waals surface area contributed by atoms with Crippen molar-refractivity contribution in [1.82, 2.24) is 4.98 Å². The molecule has 0 saturated carbocycles. The molecule has 2 heterocycles. The first-order valence-electron chi connectivity index (χ1n) is 6.92. The normalized spacial score (nSPS) is 20.4. The van der Waals surface area contributed by atoms with Gasteiger partial charge in [0.05, 0.1) is 0 Å². The second kappa shape index (κ2) is 5.27. The van der Waals surface area contributed by atoms with E-state index in [1.165, 1.54) is 12.0 Å². The Balaban J connectivity index is 2.03. The number of hydrogen-bond acceptors (Lipinski definition) is 3. The van der Waals surface area contributed by atoms with Gasteiger partial charge in [0.25, 0.3) is 0 Å². The lowest BCUT2D eigenvalue weighted by molar-refractivity contribution is 0.546. The number of anilines is 1. The standard InChI is InChI=1S/C15H25N3/c1-15(2,3)13-4-5-14(17-10-13)18-9-7-12(11-18)6-8-16/h4-5,10,12H,6-9,11,16H2,1-3H3. The average Bonchev–Trinajstić information content (AvgIpc) is 2.77. The molecular weight excluding hydrogens is 222 g/mol. The van der Waals surface area contributed by atoms with Crippen LogP contribution in [-0.2, 0) is 5.41 Å². The zero-order valence-electron chi connectivity index (χ0n) is 11.8. The van der Waals surface area contributed by atoms with Crippen molar-refractivity contribution in [2.45, 2.75) is 39.0 Å². The van der Waals surface area contributed by atoms with Gasteiger partial charge < -0.3 is 10.6 Å². The van der Waals surface area contributed by atoms with Gasteiger partial charge in [-0.15, -0.1) is 0 Å². The van der Waals surface area contributed by atoms with Gasteiger partial charge >= 0.3 is 0 Å². The molecule has 1 aromatic rings. The van der Waals surface area contributed by atoms with Crippen LogP contribution in [0.15, 0.2) is 18.3 Å². The second-order valence-corrected chi connectivity index (χ2v) is 6.33. The number of rotatable bonds is 3. The van der Waals surface area contributed by atoms with Gasteiger partial charge in [0, 0.05) is 19.3 Å². The van der Waals surface area contributed by atoms with E-state index >= 15 is 0 Å². The third kappa shape index (κ3) is 3.02. The molecule has 18 heavy (non-hydrogen) atoms. The van der Waals surface area contributed by atoms with Gasteiger partial charge in [0.15, 0.2) is 0 Å². The maximum atomic E-state index is 5.63. The van der Waals surface area contributed by atoms with Crippen LogP contribution in [0, 0.1) is 5.92 Å². The number of nitrogens with two attached hydrogens (primary N) is 1. The van der Waals surface area contributed by atoms with Gasteiger partial charge in [-0.25, -0.2) is 4.98 Å². The fourth-order valence-electron chi connectivity index (χ4n) is 2.53. The molecule has 0 bridgehead atoms. The van der Waals surface area contributed by atoms with Gasteiger partial charge in [-0.3, -0.25) is 0 Å². The highest BCUT2D eigenvalue weighted by Crippen LogP contribution is 2.26. The van der Waals surface area contributed by atoms with Crippen LogP contribution in [0.2, 0.25) is 0 Å². The molecule has 0 aliphatic carbocycles. The van der Waals surface area contributed by atoms with Crippen LogP contribution in [0.5, 0.6) is 0 Å². The minimum atomic E-state index is 0.179. The molecule has 0 radical (unpaired) electrons. The molecule has 1 fully saturated rings. The van der Waals surface area contributed by atoms with Crippen LogP contribution in [0.4, 0.5) is 5.82 Å². The summed E-state index contributed by atoms with van der Waals surface area (Å²) in [4.78, 5) is 7.00. The van der Waals surface area contributed by atoms with E-state index in [9.17, 15) is 0 Å². The zero-order chi connectivity index (χ0) is 13.2. The number of nitrogens with zero attached hydrogens (tertiary/aromatic N) is 2. The minimum absolute atomic E-state index is 0.179. The van der Waals surface area contributed by atoms with Gasteiger partial charge in [-0.05, 0) is 42.3 Å². The Hall–Kier alpha value is -1.09. The molecule has 1 saturated heterocycles. The smallest absolute Gasteiger partial charge is 0.128 e. The summed E-state index contributed by atoms with van der Waals surface area (Å²) in [6.07, 6.45) is 4.40. The van der Waals surface area contributed by atoms with Gasteiger partial charge in [0.1, 0.15) is 5.82 Å². The van der Waals surface area contributed by atoms with Crippen LogP contribution < -0.4 is 10.6 Å². The molecule has 1 aliphatic heterocycles. The van der Waals surface area contributed by atoms with Crippen molar-refractivity contribution in [1.29, 1.82) is 0 Å². The van der Waals surface area contributed by atoms with Crippen LogP contribution in [0.25, 0.3) is 0 Å². The van der Waals surface area contributed by atoms with Crippen LogP contribution in [-0.4, -0.2) is 24.6 Å². The fourth-order valence-corrected chi connectivity index (χ4v) is 2.53. The summed E-state index contributed by atoms with van der Waals surface area (Å²) in [6, 6.07) is 4.37. The van der Waals surface area contributed by atoms with Crippen molar-refractivity contribution in [2.24, 2.45) is 11.7 Å². The topological polar surface area (TPSA) is 42.1 Å². The summed E-state index contributed by atoms with van der Waals surface area (Å²) in [5.41, 5.74) is 7.10. The number of aromatic nitrogens is 1. The fraction of sp³-hybridized carbons (Fsp3) is 0.667. The van der Waals surface area contributed by atoms with Crippen molar-refractivity contribution in [3.05, 3.63) is 23.9 Å². The lowest BCUT2D eigenvalue weighted by Gasteiger charge is -2.21. The highest BCUT2D eigenvalue weighted by molar-refractivity contribution is 5.41. The summed E-state index contributed by atoms with van der Waals surface area (Å²) >= 11 is 0. The molecule has 0 aromatic carbocycles. The Kier molecular flexibility index (Phi) is 3.91. The third-order valence-corrected chi connectivity index (χ3v) is 3.80. The van der Waals surface area contributed by atoms with Gasteiger partial charge in [-0.1, -0.05) is 26.8 Å². The van der Waals surface area contributed by atoms with Crippen molar-refractivity contribution in [3.8, 4) is 0 Å². The summed E-state index contributed by atoms with van der Waals surface area (Å²) in [5.74, 6) is 1.86. The molecule has 0 amide bonds. The monoisotopic (exact) mass is 247 g/mol. The molecular formula is C15H25N3. The van der Waals surface area contributed by atoms with E-state index in [1.807, 2.05) is 6.20 Å². The van der Waals surface area contributed by atoms with Crippen LogP contribution in [0.3, 0.4) is 0 Å². The predicted molar refractivity (Wildman–Crippen MR) is 76.9 cm³/mol. The maximum absolute atomic E-state index is 5.63. The first-order chi connectivity index (χ1) is 8.50. The zero-order valence-corrected chi connectivity index (χ0v) is 11.8. The van der Waals surface area contributed by atoms with Crippen molar-refractivity contribution < 1.29 is 0 Å². The Morgan fingerprint density at radius 3 is 2.72 bits per heavy atom. The van der Waals surface area contributed by atoms with Gasteiger partial charge in [0.2, 0.25) is 0 Å². The summed E-state index contributed by atoms with van der Waals surface area (Å²) < 4.78 is 0. The van der Waals surface area contributed by atoms with Crippen molar-refractivity contribution >= 4 is 5.82 Å². The Bertz CT molecular complexity index is 378. The van der Waals surface area contributed by atoms with E-state index in [1.54, 1.807) is 0 Å². The summed E-state index contributed by atoms with van der Waals surface area (Å²) in [5, 5.41) is 0. The average molecular weight is 247 g/mol. The molecule has 1 aromatic heterocycles. The Morgan fingerprint density at radius 2 is 2.17 bits per heavy atom. The lowest BCUT2D eigenvalue weighted by atomic mass is 9.88.